The monoisotopic (exact) mass is 289 g/mol. The van der Waals surface area contributed by atoms with E-state index in [9.17, 15) is 9.59 Å². The third-order valence-electron chi connectivity index (χ3n) is 3.57. The van der Waals surface area contributed by atoms with E-state index < -0.39 is 6.04 Å². The fourth-order valence-electron chi connectivity index (χ4n) is 2.35. The van der Waals surface area contributed by atoms with Gasteiger partial charge in [0, 0.05) is 6.42 Å². The first-order chi connectivity index (χ1) is 10.3. The first kappa shape index (κ1) is 17.4. The first-order valence-electron chi connectivity index (χ1n) is 8.04. The third-order valence-corrected chi connectivity index (χ3v) is 3.57. The highest BCUT2D eigenvalue weighted by Crippen LogP contribution is 2.07. The number of aldehydes is 1. The van der Waals surface area contributed by atoms with Crippen LogP contribution in [0.4, 0.5) is 0 Å². The zero-order valence-electron chi connectivity index (χ0n) is 13.0. The van der Waals surface area contributed by atoms with Gasteiger partial charge in [0.25, 0.3) is 0 Å². The van der Waals surface area contributed by atoms with Gasteiger partial charge < -0.3 is 10.1 Å². The minimum Gasteiger partial charge on any atom is -0.346 e. The van der Waals surface area contributed by atoms with Crippen LogP contribution in [-0.4, -0.2) is 18.2 Å². The number of unbranched alkanes of at least 4 members (excludes halogenated alkanes) is 5. The van der Waals surface area contributed by atoms with E-state index in [0.717, 1.165) is 24.7 Å². The lowest BCUT2D eigenvalue weighted by molar-refractivity contribution is -0.124. The second-order valence-corrected chi connectivity index (χ2v) is 5.52. The molecule has 3 nitrogen and oxygen atoms in total. The number of nitrogens with one attached hydrogen (secondary N) is 1. The van der Waals surface area contributed by atoms with Gasteiger partial charge in [-0.1, -0.05) is 69.4 Å². The van der Waals surface area contributed by atoms with Gasteiger partial charge in [-0.2, -0.15) is 0 Å². The maximum atomic E-state index is 11.8. The summed E-state index contributed by atoms with van der Waals surface area (Å²) in [4.78, 5) is 22.9. The normalized spacial score (nSPS) is 11.9. The molecule has 0 unspecified atom stereocenters. The largest absolute Gasteiger partial charge is 0.346 e. The Morgan fingerprint density at radius 2 is 1.76 bits per heavy atom. The third kappa shape index (κ3) is 8.28. The molecular weight excluding hydrogens is 262 g/mol. The number of carbonyl (C=O) groups excluding carboxylic acids is 2. The van der Waals surface area contributed by atoms with Crippen molar-refractivity contribution in [3.63, 3.8) is 0 Å². The SMILES string of the molecule is CCCCCCCCC(=O)N[C@H](C=O)Cc1ccccc1. The van der Waals surface area contributed by atoms with Gasteiger partial charge in [0.05, 0.1) is 6.04 Å². The van der Waals surface area contributed by atoms with Gasteiger partial charge in [-0.15, -0.1) is 0 Å². The zero-order valence-corrected chi connectivity index (χ0v) is 13.0. The molecule has 0 bridgehead atoms. The molecule has 0 saturated carbocycles. The Labute approximate surface area is 128 Å². The minimum absolute atomic E-state index is 0.0153. The molecule has 0 fully saturated rings. The van der Waals surface area contributed by atoms with Crippen LogP contribution in [-0.2, 0) is 16.0 Å². The van der Waals surface area contributed by atoms with Crippen molar-refractivity contribution in [2.75, 3.05) is 0 Å². The molecular formula is C18H27NO2. The Morgan fingerprint density at radius 1 is 1.10 bits per heavy atom. The van der Waals surface area contributed by atoms with Crippen molar-refractivity contribution in [2.45, 2.75) is 64.3 Å². The molecule has 0 aromatic heterocycles. The van der Waals surface area contributed by atoms with Crippen LogP contribution in [0.1, 0.15) is 57.4 Å². The van der Waals surface area contributed by atoms with E-state index >= 15 is 0 Å². The van der Waals surface area contributed by atoms with Crippen LogP contribution >= 0.6 is 0 Å². The fraction of sp³-hybridized carbons (Fsp3) is 0.556. The van der Waals surface area contributed by atoms with E-state index in [1.165, 1.54) is 25.7 Å². The molecule has 0 heterocycles. The Hall–Kier alpha value is -1.64. The summed E-state index contributed by atoms with van der Waals surface area (Å²) in [5, 5.41) is 2.81. The summed E-state index contributed by atoms with van der Waals surface area (Å²) in [6.45, 7) is 2.19. The van der Waals surface area contributed by atoms with Crippen molar-refractivity contribution in [3.8, 4) is 0 Å². The summed E-state index contributed by atoms with van der Waals surface area (Å²) < 4.78 is 0. The van der Waals surface area contributed by atoms with Crippen molar-refractivity contribution in [1.82, 2.24) is 5.32 Å². The van der Waals surface area contributed by atoms with Crippen LogP contribution in [0.2, 0.25) is 0 Å². The molecule has 0 aliphatic carbocycles. The summed E-state index contributed by atoms with van der Waals surface area (Å²) in [6.07, 6.45) is 8.87. The lowest BCUT2D eigenvalue weighted by atomic mass is 10.1. The highest BCUT2D eigenvalue weighted by molar-refractivity contribution is 5.79. The molecule has 0 aliphatic rings. The van der Waals surface area contributed by atoms with Gasteiger partial charge in [0.2, 0.25) is 5.91 Å². The number of amides is 1. The Balaban J connectivity index is 2.20. The van der Waals surface area contributed by atoms with E-state index in [2.05, 4.69) is 12.2 Å². The Morgan fingerprint density at radius 3 is 2.43 bits per heavy atom. The number of hydrogen-bond acceptors (Lipinski definition) is 2. The van der Waals surface area contributed by atoms with E-state index in [-0.39, 0.29) is 5.91 Å². The molecule has 1 atom stereocenters. The van der Waals surface area contributed by atoms with Crippen molar-refractivity contribution < 1.29 is 9.59 Å². The van der Waals surface area contributed by atoms with Crippen molar-refractivity contribution in [1.29, 1.82) is 0 Å². The van der Waals surface area contributed by atoms with Crippen LogP contribution in [0.25, 0.3) is 0 Å². The summed E-state index contributed by atoms with van der Waals surface area (Å²) in [5.41, 5.74) is 1.06. The summed E-state index contributed by atoms with van der Waals surface area (Å²) >= 11 is 0. The van der Waals surface area contributed by atoms with Gasteiger partial charge >= 0.3 is 0 Å². The highest BCUT2D eigenvalue weighted by atomic mass is 16.2. The molecule has 1 amide bonds. The molecule has 0 aliphatic heterocycles. The van der Waals surface area contributed by atoms with Crippen molar-refractivity contribution >= 4 is 12.2 Å². The maximum absolute atomic E-state index is 11.8. The molecule has 1 N–H and O–H groups in total. The van der Waals surface area contributed by atoms with Gasteiger partial charge in [-0.3, -0.25) is 4.79 Å². The molecule has 1 rings (SSSR count). The molecule has 0 spiro atoms. The molecule has 0 saturated heterocycles. The van der Waals surface area contributed by atoms with Crippen LogP contribution < -0.4 is 5.32 Å². The maximum Gasteiger partial charge on any atom is 0.220 e. The van der Waals surface area contributed by atoms with Gasteiger partial charge in [0.1, 0.15) is 6.29 Å². The molecule has 116 valence electrons. The molecule has 21 heavy (non-hydrogen) atoms. The molecule has 0 radical (unpaired) electrons. The lowest BCUT2D eigenvalue weighted by Gasteiger charge is -2.12. The first-order valence-corrected chi connectivity index (χ1v) is 8.04. The average molecular weight is 289 g/mol. The van der Waals surface area contributed by atoms with Crippen LogP contribution in [0.3, 0.4) is 0 Å². The Bertz CT molecular complexity index is 403. The number of rotatable bonds is 11. The van der Waals surface area contributed by atoms with Crippen LogP contribution in [0, 0.1) is 0 Å². The molecule has 1 aromatic carbocycles. The van der Waals surface area contributed by atoms with Gasteiger partial charge in [-0.25, -0.2) is 0 Å². The topological polar surface area (TPSA) is 46.2 Å². The smallest absolute Gasteiger partial charge is 0.220 e. The van der Waals surface area contributed by atoms with Crippen LogP contribution in [0.5, 0.6) is 0 Å². The second-order valence-electron chi connectivity index (χ2n) is 5.52. The minimum atomic E-state index is -0.417. The van der Waals surface area contributed by atoms with Crippen molar-refractivity contribution in [3.05, 3.63) is 35.9 Å². The van der Waals surface area contributed by atoms with E-state index in [0.29, 0.717) is 12.8 Å². The van der Waals surface area contributed by atoms with Gasteiger partial charge in [0.15, 0.2) is 0 Å². The molecule has 3 heteroatoms. The van der Waals surface area contributed by atoms with Crippen molar-refractivity contribution in [2.24, 2.45) is 0 Å². The number of carbonyl (C=O) groups is 2. The summed E-state index contributed by atoms with van der Waals surface area (Å²) in [7, 11) is 0. The Kier molecular flexibility index (Phi) is 9.18. The standard InChI is InChI=1S/C18H27NO2/c1-2-3-4-5-6-10-13-18(21)19-17(15-20)14-16-11-8-7-9-12-16/h7-9,11-12,15,17H,2-6,10,13-14H2,1H3,(H,19,21)/t17-/m0/s1. The average Bonchev–Trinajstić information content (AvgIpc) is 2.51. The van der Waals surface area contributed by atoms with Gasteiger partial charge in [-0.05, 0) is 18.4 Å². The molecule has 1 aromatic rings. The number of hydrogen-bond donors (Lipinski definition) is 1. The predicted molar refractivity (Wildman–Crippen MR) is 86.1 cm³/mol. The fourth-order valence-corrected chi connectivity index (χ4v) is 2.35. The zero-order chi connectivity index (χ0) is 15.3. The van der Waals surface area contributed by atoms with E-state index in [4.69, 9.17) is 0 Å². The quantitative estimate of drug-likeness (QED) is 0.499. The summed E-state index contributed by atoms with van der Waals surface area (Å²) in [5.74, 6) is -0.0153. The second kappa shape index (κ2) is 11.1. The van der Waals surface area contributed by atoms with Crippen LogP contribution in [0.15, 0.2) is 30.3 Å². The predicted octanol–water partition coefficient (Wildman–Crippen LogP) is 3.66. The van der Waals surface area contributed by atoms with E-state index in [1.807, 2.05) is 30.3 Å². The van der Waals surface area contributed by atoms with E-state index in [1.54, 1.807) is 0 Å². The summed E-state index contributed by atoms with van der Waals surface area (Å²) in [6, 6.07) is 9.34. The lowest BCUT2D eigenvalue weighted by Crippen LogP contribution is -2.37. The highest BCUT2D eigenvalue weighted by Gasteiger charge is 2.11. The number of benzene rings is 1.